The van der Waals surface area contributed by atoms with Gasteiger partial charge in [-0.25, -0.2) is 9.18 Å². The lowest BCUT2D eigenvalue weighted by Gasteiger charge is -2.20. The molecule has 0 saturated carbocycles. The summed E-state index contributed by atoms with van der Waals surface area (Å²) in [5.74, 6) is -0.912. The molecule has 3 nitrogen and oxygen atoms in total. The van der Waals surface area contributed by atoms with Crippen LogP contribution in [0.4, 0.5) is 4.39 Å². The van der Waals surface area contributed by atoms with Gasteiger partial charge < -0.3 is 4.74 Å². The van der Waals surface area contributed by atoms with Gasteiger partial charge in [-0.2, -0.15) is 0 Å². The first-order chi connectivity index (χ1) is 8.43. The molecule has 0 aliphatic carbocycles. The molecule has 0 aromatic heterocycles. The van der Waals surface area contributed by atoms with Crippen LogP contribution in [-0.4, -0.2) is 18.6 Å². The molecule has 1 aromatic carbocycles. The summed E-state index contributed by atoms with van der Waals surface area (Å²) in [6.45, 7) is 5.79. The Hall–Kier alpha value is -1.13. The van der Waals surface area contributed by atoms with Crippen molar-refractivity contribution in [1.82, 2.24) is 5.32 Å². The van der Waals surface area contributed by atoms with Crippen LogP contribution in [-0.2, 0) is 9.53 Å². The molecular weight excluding hydrogens is 257 g/mol. The van der Waals surface area contributed by atoms with E-state index in [0.717, 1.165) is 0 Å². The van der Waals surface area contributed by atoms with Crippen LogP contribution < -0.4 is 5.32 Å². The van der Waals surface area contributed by atoms with Gasteiger partial charge in [0.05, 0.1) is 6.61 Å². The highest BCUT2D eigenvalue weighted by Crippen LogP contribution is 2.21. The monoisotopic (exact) mass is 273 g/mol. The summed E-state index contributed by atoms with van der Waals surface area (Å²) < 4.78 is 18.3. The maximum absolute atomic E-state index is 13.3. The maximum atomic E-state index is 13.3. The molecule has 0 radical (unpaired) electrons. The van der Waals surface area contributed by atoms with Crippen molar-refractivity contribution in [1.29, 1.82) is 0 Å². The second kappa shape index (κ2) is 6.71. The zero-order valence-electron chi connectivity index (χ0n) is 10.7. The number of carbonyl (C=O) groups excluding carboxylic acids is 1. The van der Waals surface area contributed by atoms with Gasteiger partial charge in [0.25, 0.3) is 0 Å². The first-order valence-corrected chi connectivity index (χ1v) is 6.20. The number of esters is 1. The van der Waals surface area contributed by atoms with Crippen LogP contribution in [0.15, 0.2) is 18.2 Å². The molecule has 0 fully saturated rings. The minimum absolute atomic E-state index is 0.0569. The van der Waals surface area contributed by atoms with Gasteiger partial charge >= 0.3 is 5.97 Å². The predicted octanol–water partition coefficient (Wildman–Crippen LogP) is 3.08. The average Bonchev–Trinajstić information content (AvgIpc) is 2.24. The molecule has 1 aromatic rings. The lowest BCUT2D eigenvalue weighted by Crippen LogP contribution is -2.35. The quantitative estimate of drug-likeness (QED) is 0.838. The predicted molar refractivity (Wildman–Crippen MR) is 69.1 cm³/mol. The smallest absolute Gasteiger partial charge is 0.327 e. The van der Waals surface area contributed by atoms with Crippen molar-refractivity contribution in [2.45, 2.75) is 32.9 Å². The van der Waals surface area contributed by atoms with Gasteiger partial charge in [0.1, 0.15) is 11.9 Å². The van der Waals surface area contributed by atoms with Crippen LogP contribution >= 0.6 is 11.6 Å². The van der Waals surface area contributed by atoms with Gasteiger partial charge in [-0.3, -0.25) is 5.32 Å². The van der Waals surface area contributed by atoms with Crippen molar-refractivity contribution < 1.29 is 13.9 Å². The van der Waals surface area contributed by atoms with E-state index in [9.17, 15) is 9.18 Å². The fourth-order valence-corrected chi connectivity index (χ4v) is 1.83. The largest absolute Gasteiger partial charge is 0.465 e. The number of benzene rings is 1. The topological polar surface area (TPSA) is 38.3 Å². The third kappa shape index (κ3) is 4.27. The van der Waals surface area contributed by atoms with E-state index >= 15 is 0 Å². The van der Waals surface area contributed by atoms with E-state index in [-0.39, 0.29) is 17.7 Å². The van der Waals surface area contributed by atoms with Gasteiger partial charge in [0, 0.05) is 11.1 Å². The average molecular weight is 274 g/mol. The molecule has 0 aliphatic rings. The maximum Gasteiger partial charge on any atom is 0.327 e. The van der Waals surface area contributed by atoms with Crippen LogP contribution in [0.1, 0.15) is 32.4 Å². The lowest BCUT2D eigenvalue weighted by atomic mass is 10.1. The molecule has 18 heavy (non-hydrogen) atoms. The Morgan fingerprint density at radius 3 is 2.61 bits per heavy atom. The highest BCUT2D eigenvalue weighted by Gasteiger charge is 2.23. The molecule has 0 bridgehead atoms. The van der Waals surface area contributed by atoms with E-state index in [2.05, 4.69) is 5.32 Å². The fourth-order valence-electron chi connectivity index (χ4n) is 1.60. The molecular formula is C13H17ClFNO2. The molecule has 1 atom stereocenters. The Morgan fingerprint density at radius 1 is 1.44 bits per heavy atom. The van der Waals surface area contributed by atoms with Crippen LogP contribution in [0, 0.1) is 5.82 Å². The van der Waals surface area contributed by atoms with Crippen molar-refractivity contribution >= 4 is 17.6 Å². The van der Waals surface area contributed by atoms with Crippen LogP contribution in [0.2, 0.25) is 5.02 Å². The third-order valence-corrected chi connectivity index (χ3v) is 2.46. The molecule has 0 heterocycles. The van der Waals surface area contributed by atoms with Crippen molar-refractivity contribution in [3.63, 3.8) is 0 Å². The molecule has 1 N–H and O–H groups in total. The first-order valence-electron chi connectivity index (χ1n) is 5.82. The summed E-state index contributed by atoms with van der Waals surface area (Å²) in [4.78, 5) is 11.9. The second-order valence-electron chi connectivity index (χ2n) is 4.21. The zero-order chi connectivity index (χ0) is 13.7. The molecule has 5 heteroatoms. The number of nitrogens with one attached hydrogen (secondary N) is 1. The fraction of sp³-hybridized carbons (Fsp3) is 0.462. The first kappa shape index (κ1) is 14.9. The van der Waals surface area contributed by atoms with E-state index in [4.69, 9.17) is 16.3 Å². The molecule has 0 aliphatic heterocycles. The summed E-state index contributed by atoms with van der Waals surface area (Å²) in [6.07, 6.45) is 0. The van der Waals surface area contributed by atoms with Gasteiger partial charge in [0.15, 0.2) is 0 Å². The minimum atomic E-state index is -0.710. The van der Waals surface area contributed by atoms with E-state index in [1.807, 2.05) is 13.8 Å². The van der Waals surface area contributed by atoms with Gasteiger partial charge in [-0.15, -0.1) is 0 Å². The molecule has 1 unspecified atom stereocenters. The summed E-state index contributed by atoms with van der Waals surface area (Å²) >= 11 is 5.79. The highest BCUT2D eigenvalue weighted by atomic mass is 35.5. The van der Waals surface area contributed by atoms with Crippen molar-refractivity contribution in [3.8, 4) is 0 Å². The Balaban J connectivity index is 3.04. The summed E-state index contributed by atoms with van der Waals surface area (Å²) in [5, 5.41) is 3.29. The van der Waals surface area contributed by atoms with Crippen molar-refractivity contribution in [3.05, 3.63) is 34.6 Å². The summed E-state index contributed by atoms with van der Waals surface area (Å²) in [7, 11) is 0. The van der Waals surface area contributed by atoms with Crippen LogP contribution in [0.3, 0.4) is 0 Å². The van der Waals surface area contributed by atoms with Gasteiger partial charge in [0.2, 0.25) is 0 Å². The van der Waals surface area contributed by atoms with Crippen LogP contribution in [0.5, 0.6) is 0 Å². The Labute approximate surface area is 111 Å². The normalized spacial score (nSPS) is 12.6. The number of rotatable bonds is 5. The Kier molecular flexibility index (Phi) is 5.56. The van der Waals surface area contributed by atoms with E-state index in [1.165, 1.54) is 12.1 Å². The van der Waals surface area contributed by atoms with Crippen LogP contribution in [0.25, 0.3) is 0 Å². The standard InChI is InChI=1S/C13H17ClFNO2/c1-4-18-13(17)12(16-8(2)3)9-5-10(14)7-11(15)6-9/h5-8,12,16H,4H2,1-3H3. The van der Waals surface area contributed by atoms with E-state index < -0.39 is 17.8 Å². The zero-order valence-corrected chi connectivity index (χ0v) is 11.4. The lowest BCUT2D eigenvalue weighted by molar-refractivity contribution is -0.146. The number of halogens is 2. The van der Waals surface area contributed by atoms with Gasteiger partial charge in [-0.05, 0) is 44.5 Å². The summed E-state index contributed by atoms with van der Waals surface area (Å²) in [6, 6.07) is 3.38. The third-order valence-electron chi connectivity index (χ3n) is 2.24. The Bertz CT molecular complexity index is 403. The van der Waals surface area contributed by atoms with E-state index in [1.54, 1.807) is 13.0 Å². The highest BCUT2D eigenvalue weighted by molar-refractivity contribution is 6.30. The SMILES string of the molecule is CCOC(=O)C(NC(C)C)c1cc(F)cc(Cl)c1. The number of hydrogen-bond acceptors (Lipinski definition) is 3. The van der Waals surface area contributed by atoms with Crippen molar-refractivity contribution in [2.75, 3.05) is 6.61 Å². The molecule has 0 spiro atoms. The van der Waals surface area contributed by atoms with E-state index in [0.29, 0.717) is 5.56 Å². The minimum Gasteiger partial charge on any atom is -0.465 e. The number of ether oxygens (including phenoxy) is 1. The van der Waals surface area contributed by atoms with Gasteiger partial charge in [-0.1, -0.05) is 11.6 Å². The Morgan fingerprint density at radius 2 is 2.11 bits per heavy atom. The molecule has 0 saturated heterocycles. The molecule has 0 amide bonds. The number of hydrogen-bond donors (Lipinski definition) is 1. The molecule has 100 valence electrons. The molecule has 1 rings (SSSR count). The second-order valence-corrected chi connectivity index (χ2v) is 4.65. The van der Waals surface area contributed by atoms with Crippen molar-refractivity contribution in [2.24, 2.45) is 0 Å². The number of carbonyl (C=O) groups is 1. The summed E-state index contributed by atoms with van der Waals surface area (Å²) in [5.41, 5.74) is 0.465.